The average Bonchev–Trinajstić information content (AvgIpc) is 2.65. The molecule has 0 radical (unpaired) electrons. The first-order valence-corrected chi connectivity index (χ1v) is 9.92. The monoisotopic (exact) mass is 418 g/mol. The molecule has 3 rings (SSSR count). The Kier molecular flexibility index (Phi) is 5.11. The summed E-state index contributed by atoms with van der Waals surface area (Å²) in [5.41, 5.74) is -0.688. The molecule has 11 heteroatoms. The van der Waals surface area contributed by atoms with Crippen LogP contribution >= 0.6 is 0 Å². The number of nitrogens with one attached hydrogen (secondary N) is 2. The normalized spacial score (nSPS) is 11.9. The maximum Gasteiger partial charge on any atom is 0.314 e. The van der Waals surface area contributed by atoms with E-state index in [4.69, 9.17) is 0 Å². The first kappa shape index (κ1) is 20.4. The third-order valence-electron chi connectivity index (χ3n) is 4.69. The molecule has 2 aromatic carbocycles. The zero-order chi connectivity index (χ0) is 21.5. The SMILES string of the molecule is Cc1ccc(S(=O)(=O)N(C)Cc2c(C)c([N+](=O)[O-])cc3[nH]c(=O)c(=O)[nH]c23)cc1. The van der Waals surface area contributed by atoms with Crippen LogP contribution in [0.25, 0.3) is 11.0 Å². The van der Waals surface area contributed by atoms with Gasteiger partial charge in [-0.3, -0.25) is 19.7 Å². The molecular weight excluding hydrogens is 400 g/mol. The summed E-state index contributed by atoms with van der Waals surface area (Å²) >= 11 is 0. The van der Waals surface area contributed by atoms with Gasteiger partial charge in [-0.1, -0.05) is 17.7 Å². The number of aromatic amines is 2. The minimum Gasteiger partial charge on any atom is -0.316 e. The van der Waals surface area contributed by atoms with Gasteiger partial charge in [-0.05, 0) is 26.0 Å². The number of hydrogen-bond donors (Lipinski definition) is 2. The van der Waals surface area contributed by atoms with Crippen LogP contribution in [0.15, 0.2) is 44.8 Å². The fraction of sp³-hybridized carbons (Fsp3) is 0.222. The van der Waals surface area contributed by atoms with Crippen LogP contribution < -0.4 is 11.1 Å². The van der Waals surface area contributed by atoms with Crippen molar-refractivity contribution in [2.75, 3.05) is 7.05 Å². The smallest absolute Gasteiger partial charge is 0.314 e. The molecule has 3 aromatic rings. The zero-order valence-corrected chi connectivity index (χ0v) is 16.7. The van der Waals surface area contributed by atoms with Gasteiger partial charge in [-0.25, -0.2) is 8.42 Å². The van der Waals surface area contributed by atoms with Crippen molar-refractivity contribution in [2.45, 2.75) is 25.3 Å². The molecule has 10 nitrogen and oxygen atoms in total. The second-order valence-electron chi connectivity index (χ2n) is 6.66. The lowest BCUT2D eigenvalue weighted by atomic mass is 10.0. The van der Waals surface area contributed by atoms with Crippen molar-refractivity contribution in [3.63, 3.8) is 0 Å². The first-order chi connectivity index (χ1) is 13.5. The molecule has 0 bridgehead atoms. The van der Waals surface area contributed by atoms with Crippen LogP contribution in [0.2, 0.25) is 0 Å². The Hall–Kier alpha value is -3.31. The number of fused-ring (bicyclic) bond motifs is 1. The van der Waals surface area contributed by atoms with Crippen molar-refractivity contribution >= 4 is 26.7 Å². The Balaban J connectivity index is 2.18. The van der Waals surface area contributed by atoms with Crippen LogP contribution in [0.4, 0.5) is 5.69 Å². The van der Waals surface area contributed by atoms with E-state index in [1.807, 2.05) is 6.92 Å². The molecule has 0 spiro atoms. The van der Waals surface area contributed by atoms with Crippen molar-refractivity contribution in [1.29, 1.82) is 0 Å². The van der Waals surface area contributed by atoms with Gasteiger partial charge in [0.25, 0.3) is 5.69 Å². The fourth-order valence-electron chi connectivity index (χ4n) is 3.00. The predicted molar refractivity (Wildman–Crippen MR) is 106 cm³/mol. The summed E-state index contributed by atoms with van der Waals surface area (Å²) in [5, 5.41) is 11.4. The van der Waals surface area contributed by atoms with Crippen LogP contribution in [0, 0.1) is 24.0 Å². The van der Waals surface area contributed by atoms with Crippen LogP contribution in [0.5, 0.6) is 0 Å². The molecule has 0 amide bonds. The van der Waals surface area contributed by atoms with Gasteiger partial charge in [-0.15, -0.1) is 0 Å². The maximum absolute atomic E-state index is 12.9. The number of rotatable bonds is 5. The molecule has 0 fully saturated rings. The first-order valence-electron chi connectivity index (χ1n) is 8.48. The molecule has 1 aromatic heterocycles. The maximum atomic E-state index is 12.9. The lowest BCUT2D eigenvalue weighted by Gasteiger charge is -2.19. The lowest BCUT2D eigenvalue weighted by molar-refractivity contribution is -0.385. The van der Waals surface area contributed by atoms with Gasteiger partial charge in [0.05, 0.1) is 20.9 Å². The van der Waals surface area contributed by atoms with E-state index < -0.39 is 26.1 Å². The second-order valence-corrected chi connectivity index (χ2v) is 8.71. The summed E-state index contributed by atoms with van der Waals surface area (Å²) in [6.07, 6.45) is 0. The number of H-pyrrole nitrogens is 2. The van der Waals surface area contributed by atoms with Crippen molar-refractivity contribution in [2.24, 2.45) is 0 Å². The Morgan fingerprint density at radius 1 is 1.07 bits per heavy atom. The largest absolute Gasteiger partial charge is 0.316 e. The predicted octanol–water partition coefficient (Wildman–Crippen LogP) is 1.56. The second kappa shape index (κ2) is 7.26. The van der Waals surface area contributed by atoms with Crippen LogP contribution in [-0.4, -0.2) is 34.7 Å². The number of benzene rings is 2. The number of aromatic nitrogens is 2. The number of hydrogen-bond acceptors (Lipinski definition) is 6. The van der Waals surface area contributed by atoms with Crippen LogP contribution in [0.1, 0.15) is 16.7 Å². The third kappa shape index (κ3) is 3.69. The van der Waals surface area contributed by atoms with Gasteiger partial charge in [0, 0.05) is 30.8 Å². The molecule has 2 N–H and O–H groups in total. The summed E-state index contributed by atoms with van der Waals surface area (Å²) in [7, 11) is -2.55. The molecular formula is C18H18N4O6S. The summed E-state index contributed by atoms with van der Waals surface area (Å²) in [4.78, 5) is 39.0. The summed E-state index contributed by atoms with van der Waals surface area (Å²) in [6.45, 7) is 3.04. The highest BCUT2D eigenvalue weighted by Gasteiger charge is 2.25. The van der Waals surface area contributed by atoms with Crippen LogP contribution in [-0.2, 0) is 16.6 Å². The van der Waals surface area contributed by atoms with E-state index in [0.717, 1.165) is 15.9 Å². The highest BCUT2D eigenvalue weighted by Crippen LogP contribution is 2.29. The third-order valence-corrected chi connectivity index (χ3v) is 6.51. The molecule has 1 heterocycles. The summed E-state index contributed by atoms with van der Waals surface area (Å²) in [5.74, 6) is 0. The van der Waals surface area contributed by atoms with Gasteiger partial charge >= 0.3 is 11.1 Å². The van der Waals surface area contributed by atoms with Crippen molar-refractivity contribution < 1.29 is 13.3 Å². The topological polar surface area (TPSA) is 146 Å². The highest BCUT2D eigenvalue weighted by atomic mass is 32.2. The minimum atomic E-state index is -3.89. The Morgan fingerprint density at radius 3 is 2.24 bits per heavy atom. The van der Waals surface area contributed by atoms with Gasteiger partial charge < -0.3 is 9.97 Å². The molecule has 0 aliphatic carbocycles. The highest BCUT2D eigenvalue weighted by molar-refractivity contribution is 7.89. The van der Waals surface area contributed by atoms with E-state index in [0.29, 0.717) is 0 Å². The van der Waals surface area contributed by atoms with Crippen molar-refractivity contribution in [3.8, 4) is 0 Å². The Labute approximate surface area is 165 Å². The number of nitro groups is 1. The van der Waals surface area contributed by atoms with E-state index in [-0.39, 0.29) is 39.3 Å². The van der Waals surface area contributed by atoms with Gasteiger partial charge in [0.2, 0.25) is 10.0 Å². The number of nitro benzene ring substituents is 1. The summed E-state index contributed by atoms with van der Waals surface area (Å²) in [6, 6.07) is 7.41. The minimum absolute atomic E-state index is 0.0445. The van der Waals surface area contributed by atoms with E-state index >= 15 is 0 Å². The van der Waals surface area contributed by atoms with Gasteiger partial charge in [0.1, 0.15) is 0 Å². The molecule has 152 valence electrons. The van der Waals surface area contributed by atoms with Crippen molar-refractivity contribution in [1.82, 2.24) is 14.3 Å². The van der Waals surface area contributed by atoms with E-state index in [1.54, 1.807) is 12.1 Å². The zero-order valence-electron chi connectivity index (χ0n) is 15.8. The standard InChI is InChI=1S/C18H18N4O6S/c1-10-4-6-12(7-5-10)29(27,28)21(3)9-13-11(2)15(22(25)26)8-14-16(13)20-18(24)17(23)19-14/h4-8H,9H2,1-3H3,(H,19,23)(H,20,24). The van der Waals surface area contributed by atoms with Gasteiger partial charge in [0.15, 0.2) is 0 Å². The Bertz CT molecular complexity index is 1340. The molecule has 0 saturated carbocycles. The molecule has 0 aliphatic heterocycles. The Morgan fingerprint density at radius 2 is 1.66 bits per heavy atom. The average molecular weight is 418 g/mol. The lowest BCUT2D eigenvalue weighted by Crippen LogP contribution is -2.31. The van der Waals surface area contributed by atoms with E-state index in [9.17, 15) is 28.1 Å². The van der Waals surface area contributed by atoms with Crippen molar-refractivity contribution in [3.05, 3.63) is 77.8 Å². The van der Waals surface area contributed by atoms with Gasteiger partial charge in [-0.2, -0.15) is 4.31 Å². The fourth-order valence-corrected chi connectivity index (χ4v) is 4.14. The van der Waals surface area contributed by atoms with E-state index in [2.05, 4.69) is 9.97 Å². The van der Waals surface area contributed by atoms with Crippen LogP contribution in [0.3, 0.4) is 0 Å². The molecule has 0 saturated heterocycles. The summed E-state index contributed by atoms with van der Waals surface area (Å²) < 4.78 is 26.8. The molecule has 0 unspecified atom stereocenters. The van der Waals surface area contributed by atoms with E-state index in [1.165, 1.54) is 26.1 Å². The molecule has 0 atom stereocenters. The quantitative estimate of drug-likeness (QED) is 0.365. The number of sulfonamides is 1. The number of nitrogens with zero attached hydrogens (tertiary/aromatic N) is 2. The molecule has 29 heavy (non-hydrogen) atoms. The molecule has 0 aliphatic rings. The number of aryl methyl sites for hydroxylation is 1.